The first kappa shape index (κ1) is 14.1. The molecular formula is C19H19N. The van der Waals surface area contributed by atoms with Crippen LogP contribution in [0.2, 0.25) is 0 Å². The van der Waals surface area contributed by atoms with E-state index in [0.29, 0.717) is 0 Å². The fraction of sp³-hybridized carbons (Fsp3) is 0.211. The van der Waals surface area contributed by atoms with E-state index in [2.05, 4.69) is 55.9 Å². The second-order valence-electron chi connectivity index (χ2n) is 5.82. The summed E-state index contributed by atoms with van der Waals surface area (Å²) in [4.78, 5) is 4.45. The van der Waals surface area contributed by atoms with Crippen LogP contribution < -0.4 is 0 Å². The van der Waals surface area contributed by atoms with Gasteiger partial charge in [-0.15, -0.1) is 6.42 Å². The van der Waals surface area contributed by atoms with Gasteiger partial charge in [-0.3, -0.25) is 4.99 Å². The molecular weight excluding hydrogens is 242 g/mol. The van der Waals surface area contributed by atoms with E-state index in [1.807, 2.05) is 30.5 Å². The Morgan fingerprint density at radius 2 is 1.55 bits per heavy atom. The van der Waals surface area contributed by atoms with Crippen LogP contribution in [0.1, 0.15) is 37.5 Å². The zero-order valence-corrected chi connectivity index (χ0v) is 12.2. The molecule has 1 heteroatoms. The zero-order chi connectivity index (χ0) is 14.6. The van der Waals surface area contributed by atoms with Crippen molar-refractivity contribution in [3.8, 4) is 12.3 Å². The van der Waals surface area contributed by atoms with Crippen molar-refractivity contribution in [2.45, 2.75) is 26.2 Å². The van der Waals surface area contributed by atoms with Gasteiger partial charge in [0.25, 0.3) is 0 Å². The zero-order valence-electron chi connectivity index (χ0n) is 12.2. The standard InChI is InChI=1S/C19H19N/c1-5-15-8-12-18(13-9-15)20-14-16-6-10-17(11-7-16)19(2,3)4/h1,6-14H,2-4H3. The van der Waals surface area contributed by atoms with Gasteiger partial charge in [-0.2, -0.15) is 0 Å². The van der Waals surface area contributed by atoms with Crippen LogP contribution in [0.5, 0.6) is 0 Å². The Bertz CT molecular complexity index is 632. The van der Waals surface area contributed by atoms with E-state index < -0.39 is 0 Å². The Morgan fingerprint density at radius 3 is 2.05 bits per heavy atom. The molecule has 2 aromatic carbocycles. The number of benzene rings is 2. The van der Waals surface area contributed by atoms with E-state index >= 15 is 0 Å². The summed E-state index contributed by atoms with van der Waals surface area (Å²) in [5.74, 6) is 2.60. The average Bonchev–Trinajstić information content (AvgIpc) is 2.45. The minimum atomic E-state index is 0.181. The molecule has 0 aromatic heterocycles. The van der Waals surface area contributed by atoms with Gasteiger partial charge in [-0.05, 0) is 40.8 Å². The Morgan fingerprint density at radius 1 is 0.950 bits per heavy atom. The van der Waals surface area contributed by atoms with Crippen molar-refractivity contribution in [1.29, 1.82) is 0 Å². The highest BCUT2D eigenvalue weighted by Crippen LogP contribution is 2.22. The van der Waals surface area contributed by atoms with Gasteiger partial charge in [0.15, 0.2) is 0 Å². The molecule has 0 aliphatic carbocycles. The quantitative estimate of drug-likeness (QED) is 0.548. The lowest BCUT2D eigenvalue weighted by Crippen LogP contribution is -2.10. The first-order valence-electron chi connectivity index (χ1n) is 6.70. The topological polar surface area (TPSA) is 12.4 Å². The van der Waals surface area contributed by atoms with Crippen molar-refractivity contribution >= 4 is 11.9 Å². The molecule has 2 aromatic rings. The van der Waals surface area contributed by atoms with Crippen molar-refractivity contribution in [3.05, 3.63) is 65.2 Å². The summed E-state index contributed by atoms with van der Waals surface area (Å²) < 4.78 is 0. The van der Waals surface area contributed by atoms with Crippen LogP contribution in [0.15, 0.2) is 53.5 Å². The number of terminal acetylenes is 1. The van der Waals surface area contributed by atoms with E-state index in [1.165, 1.54) is 5.56 Å². The van der Waals surface area contributed by atoms with Gasteiger partial charge in [0, 0.05) is 11.8 Å². The van der Waals surface area contributed by atoms with E-state index in [0.717, 1.165) is 16.8 Å². The highest BCUT2D eigenvalue weighted by atomic mass is 14.7. The third-order valence-electron chi connectivity index (χ3n) is 3.17. The smallest absolute Gasteiger partial charge is 0.0630 e. The number of hydrogen-bond donors (Lipinski definition) is 0. The van der Waals surface area contributed by atoms with Gasteiger partial charge in [0.1, 0.15) is 0 Å². The molecule has 2 rings (SSSR count). The van der Waals surface area contributed by atoms with E-state index in [1.54, 1.807) is 0 Å². The van der Waals surface area contributed by atoms with Gasteiger partial charge in [-0.1, -0.05) is 51.0 Å². The molecule has 100 valence electrons. The third kappa shape index (κ3) is 3.59. The lowest BCUT2D eigenvalue weighted by molar-refractivity contribution is 0.590. The molecule has 1 nitrogen and oxygen atoms in total. The number of nitrogens with zero attached hydrogens (tertiary/aromatic N) is 1. The van der Waals surface area contributed by atoms with Gasteiger partial charge < -0.3 is 0 Å². The largest absolute Gasteiger partial charge is 0.256 e. The Balaban J connectivity index is 2.13. The molecule has 20 heavy (non-hydrogen) atoms. The van der Waals surface area contributed by atoms with E-state index in [-0.39, 0.29) is 5.41 Å². The molecule has 0 aliphatic rings. The monoisotopic (exact) mass is 261 g/mol. The van der Waals surface area contributed by atoms with Crippen molar-refractivity contribution in [3.63, 3.8) is 0 Å². The van der Waals surface area contributed by atoms with Gasteiger partial charge in [-0.25, -0.2) is 0 Å². The van der Waals surface area contributed by atoms with Gasteiger partial charge in [0.2, 0.25) is 0 Å². The van der Waals surface area contributed by atoms with E-state index in [4.69, 9.17) is 6.42 Å². The summed E-state index contributed by atoms with van der Waals surface area (Å²) >= 11 is 0. The third-order valence-corrected chi connectivity index (χ3v) is 3.17. The van der Waals surface area contributed by atoms with E-state index in [9.17, 15) is 0 Å². The summed E-state index contributed by atoms with van der Waals surface area (Å²) in [6.45, 7) is 6.63. The molecule has 0 bridgehead atoms. The molecule has 0 heterocycles. The second-order valence-corrected chi connectivity index (χ2v) is 5.82. The number of rotatable bonds is 2. The normalized spacial score (nSPS) is 11.5. The molecule has 0 amide bonds. The second kappa shape index (κ2) is 5.75. The number of hydrogen-bond acceptors (Lipinski definition) is 1. The fourth-order valence-electron chi connectivity index (χ4n) is 1.86. The maximum atomic E-state index is 5.33. The molecule has 0 unspecified atom stereocenters. The highest BCUT2D eigenvalue weighted by Gasteiger charge is 2.12. The molecule has 0 saturated carbocycles. The summed E-state index contributed by atoms with van der Waals surface area (Å²) in [7, 11) is 0. The van der Waals surface area contributed by atoms with Crippen LogP contribution in [-0.4, -0.2) is 6.21 Å². The molecule has 0 radical (unpaired) electrons. The van der Waals surface area contributed by atoms with Crippen LogP contribution in [0.4, 0.5) is 5.69 Å². The molecule has 0 saturated heterocycles. The van der Waals surface area contributed by atoms with Crippen molar-refractivity contribution < 1.29 is 0 Å². The molecule has 0 atom stereocenters. The molecule has 0 spiro atoms. The van der Waals surface area contributed by atoms with Gasteiger partial charge in [0.05, 0.1) is 5.69 Å². The maximum absolute atomic E-state index is 5.33. The number of aliphatic imine (C=N–C) groups is 1. The Kier molecular flexibility index (Phi) is 4.05. The van der Waals surface area contributed by atoms with Crippen molar-refractivity contribution in [1.82, 2.24) is 0 Å². The summed E-state index contributed by atoms with van der Waals surface area (Å²) in [5.41, 5.74) is 4.38. The van der Waals surface area contributed by atoms with Crippen LogP contribution >= 0.6 is 0 Å². The molecule has 0 aliphatic heterocycles. The first-order valence-corrected chi connectivity index (χ1v) is 6.70. The van der Waals surface area contributed by atoms with Crippen molar-refractivity contribution in [2.75, 3.05) is 0 Å². The predicted octanol–water partition coefficient (Wildman–Crippen LogP) is 4.72. The lowest BCUT2D eigenvalue weighted by atomic mass is 9.87. The first-order chi connectivity index (χ1) is 9.49. The van der Waals surface area contributed by atoms with Crippen LogP contribution in [0, 0.1) is 12.3 Å². The van der Waals surface area contributed by atoms with Gasteiger partial charge >= 0.3 is 0 Å². The lowest BCUT2D eigenvalue weighted by Gasteiger charge is -2.18. The SMILES string of the molecule is C#Cc1ccc(N=Cc2ccc(C(C)(C)C)cc2)cc1. The average molecular weight is 261 g/mol. The van der Waals surface area contributed by atoms with Crippen LogP contribution in [0.3, 0.4) is 0 Å². The fourth-order valence-corrected chi connectivity index (χ4v) is 1.86. The minimum absolute atomic E-state index is 0.181. The summed E-state index contributed by atoms with van der Waals surface area (Å²) in [5, 5.41) is 0. The predicted molar refractivity (Wildman–Crippen MR) is 86.8 cm³/mol. The Labute approximate surface area is 121 Å². The summed E-state index contributed by atoms with van der Waals surface area (Å²) in [6.07, 6.45) is 7.20. The minimum Gasteiger partial charge on any atom is -0.256 e. The maximum Gasteiger partial charge on any atom is 0.0630 e. The van der Waals surface area contributed by atoms with Crippen LogP contribution in [-0.2, 0) is 5.41 Å². The summed E-state index contributed by atoms with van der Waals surface area (Å²) in [6, 6.07) is 16.2. The van der Waals surface area contributed by atoms with Crippen molar-refractivity contribution in [2.24, 2.45) is 4.99 Å². The molecule has 0 fully saturated rings. The highest BCUT2D eigenvalue weighted by molar-refractivity contribution is 5.82. The van der Waals surface area contributed by atoms with Crippen LogP contribution in [0.25, 0.3) is 0 Å². The molecule has 0 N–H and O–H groups in total. The Hall–Kier alpha value is -2.33.